The van der Waals surface area contributed by atoms with Gasteiger partial charge in [0.25, 0.3) is 0 Å². The Morgan fingerprint density at radius 3 is 2.55 bits per heavy atom. The first kappa shape index (κ1) is 15.1. The van der Waals surface area contributed by atoms with Crippen LogP contribution in [0.1, 0.15) is 38.7 Å². The molecule has 4 nitrogen and oxygen atoms in total. The molecule has 1 aromatic carbocycles. The van der Waals surface area contributed by atoms with E-state index in [1.165, 1.54) is 5.56 Å². The lowest BCUT2D eigenvalue weighted by molar-refractivity contribution is -0.129. The van der Waals surface area contributed by atoms with Gasteiger partial charge >= 0.3 is 0 Å². The maximum absolute atomic E-state index is 12.4. The van der Waals surface area contributed by atoms with E-state index in [0.29, 0.717) is 19.5 Å². The minimum atomic E-state index is -0.193. The summed E-state index contributed by atoms with van der Waals surface area (Å²) in [6.07, 6.45) is 2.60. The van der Waals surface area contributed by atoms with Crippen LogP contribution < -0.4 is 5.32 Å². The Bertz CT molecular complexity index is 564. The maximum atomic E-state index is 12.4. The van der Waals surface area contributed by atoms with Crippen LogP contribution in [0.3, 0.4) is 0 Å². The predicted molar refractivity (Wildman–Crippen MR) is 85.3 cm³/mol. The van der Waals surface area contributed by atoms with Crippen LogP contribution in [0.4, 0.5) is 0 Å². The molecule has 2 amide bonds. The molecule has 3 rings (SSSR count). The molecule has 1 saturated heterocycles. The quantitative estimate of drug-likeness (QED) is 0.905. The third-order valence-corrected chi connectivity index (χ3v) is 4.99. The van der Waals surface area contributed by atoms with Gasteiger partial charge in [-0.05, 0) is 32.3 Å². The van der Waals surface area contributed by atoms with E-state index in [4.69, 9.17) is 0 Å². The van der Waals surface area contributed by atoms with Gasteiger partial charge in [-0.2, -0.15) is 0 Å². The molecule has 1 saturated carbocycles. The van der Waals surface area contributed by atoms with E-state index in [9.17, 15) is 9.59 Å². The zero-order chi connectivity index (χ0) is 15.7. The van der Waals surface area contributed by atoms with Crippen LogP contribution in [0.2, 0.25) is 0 Å². The molecule has 22 heavy (non-hydrogen) atoms. The van der Waals surface area contributed by atoms with Crippen LogP contribution in [-0.4, -0.2) is 35.8 Å². The van der Waals surface area contributed by atoms with Gasteiger partial charge in [-0.1, -0.05) is 30.3 Å². The molecule has 0 bridgehead atoms. The van der Waals surface area contributed by atoms with Crippen molar-refractivity contribution in [1.29, 1.82) is 0 Å². The first-order valence-corrected chi connectivity index (χ1v) is 8.14. The zero-order valence-corrected chi connectivity index (χ0v) is 13.3. The van der Waals surface area contributed by atoms with Crippen LogP contribution in [0.15, 0.2) is 30.3 Å². The van der Waals surface area contributed by atoms with Gasteiger partial charge in [-0.15, -0.1) is 0 Å². The third-order valence-electron chi connectivity index (χ3n) is 4.99. The van der Waals surface area contributed by atoms with Crippen molar-refractivity contribution >= 4 is 11.8 Å². The van der Waals surface area contributed by atoms with Gasteiger partial charge in [-0.3, -0.25) is 9.59 Å². The van der Waals surface area contributed by atoms with Crippen molar-refractivity contribution in [2.75, 3.05) is 13.1 Å². The second-order valence-electron chi connectivity index (χ2n) is 6.91. The molecule has 0 radical (unpaired) electrons. The average molecular weight is 300 g/mol. The van der Waals surface area contributed by atoms with Gasteiger partial charge in [0.05, 0.1) is 5.92 Å². The second kappa shape index (κ2) is 5.75. The molecule has 0 aromatic heterocycles. The number of likely N-dealkylation sites (tertiary alicyclic amines) is 1. The van der Waals surface area contributed by atoms with Crippen LogP contribution in [-0.2, 0) is 15.0 Å². The smallest absolute Gasteiger partial charge is 0.225 e. The highest BCUT2D eigenvalue weighted by atomic mass is 16.2. The maximum Gasteiger partial charge on any atom is 0.225 e. The first-order chi connectivity index (χ1) is 10.5. The van der Waals surface area contributed by atoms with Gasteiger partial charge in [-0.25, -0.2) is 0 Å². The lowest BCUT2D eigenvalue weighted by Gasteiger charge is -2.21. The molecule has 2 aliphatic rings. The van der Waals surface area contributed by atoms with E-state index in [2.05, 4.69) is 17.4 Å². The van der Waals surface area contributed by atoms with Gasteiger partial charge in [0.15, 0.2) is 0 Å². The molecule has 1 N–H and O–H groups in total. The lowest BCUT2D eigenvalue weighted by Crippen LogP contribution is -2.38. The number of nitrogens with zero attached hydrogens (tertiary/aromatic N) is 1. The van der Waals surface area contributed by atoms with Gasteiger partial charge < -0.3 is 10.2 Å². The largest absolute Gasteiger partial charge is 0.355 e. The summed E-state index contributed by atoms with van der Waals surface area (Å²) in [7, 11) is 0. The van der Waals surface area contributed by atoms with Crippen molar-refractivity contribution < 1.29 is 9.59 Å². The van der Waals surface area contributed by atoms with Crippen molar-refractivity contribution in [3.05, 3.63) is 35.9 Å². The number of benzene rings is 1. The standard InChI is InChI=1S/C18H24N2O2/c1-13(2)20-11-14(10-16(20)21)17(22)19-12-18(8-9-18)15-6-4-3-5-7-15/h3-7,13-14H,8-12H2,1-2H3,(H,19,22)/t14-/m1/s1. The number of carbonyl (C=O) groups is 2. The Morgan fingerprint density at radius 1 is 1.32 bits per heavy atom. The summed E-state index contributed by atoms with van der Waals surface area (Å²) in [4.78, 5) is 26.1. The Balaban J connectivity index is 1.57. The van der Waals surface area contributed by atoms with Crippen molar-refractivity contribution in [2.24, 2.45) is 5.92 Å². The van der Waals surface area contributed by atoms with Crippen molar-refractivity contribution in [3.63, 3.8) is 0 Å². The molecule has 0 spiro atoms. The molecular formula is C18H24N2O2. The van der Waals surface area contributed by atoms with Crippen molar-refractivity contribution in [2.45, 2.75) is 44.6 Å². The van der Waals surface area contributed by atoms with Crippen LogP contribution in [0.25, 0.3) is 0 Å². The average Bonchev–Trinajstić information content (AvgIpc) is 3.21. The Hall–Kier alpha value is -1.84. The van der Waals surface area contributed by atoms with Crippen LogP contribution >= 0.6 is 0 Å². The number of carbonyl (C=O) groups excluding carboxylic acids is 2. The summed E-state index contributed by atoms with van der Waals surface area (Å²) in [5.74, 6) is -0.0699. The van der Waals surface area contributed by atoms with E-state index >= 15 is 0 Å². The number of nitrogens with one attached hydrogen (secondary N) is 1. The minimum absolute atomic E-state index is 0.0266. The Morgan fingerprint density at radius 2 is 2.00 bits per heavy atom. The van der Waals surface area contributed by atoms with Crippen LogP contribution in [0.5, 0.6) is 0 Å². The summed E-state index contributed by atoms with van der Waals surface area (Å²) < 4.78 is 0. The van der Waals surface area contributed by atoms with Crippen molar-refractivity contribution in [3.8, 4) is 0 Å². The van der Waals surface area contributed by atoms with E-state index in [-0.39, 0.29) is 29.2 Å². The molecule has 1 aromatic rings. The molecule has 118 valence electrons. The number of rotatable bonds is 5. The fraction of sp³-hybridized carbons (Fsp3) is 0.556. The van der Waals surface area contributed by atoms with Crippen molar-refractivity contribution in [1.82, 2.24) is 10.2 Å². The highest BCUT2D eigenvalue weighted by molar-refractivity contribution is 5.89. The zero-order valence-electron chi connectivity index (χ0n) is 13.3. The monoisotopic (exact) mass is 300 g/mol. The molecule has 1 atom stereocenters. The van der Waals surface area contributed by atoms with E-state index < -0.39 is 0 Å². The van der Waals surface area contributed by atoms with E-state index in [1.807, 2.05) is 32.0 Å². The minimum Gasteiger partial charge on any atom is -0.355 e. The lowest BCUT2D eigenvalue weighted by atomic mass is 9.95. The molecule has 1 aliphatic heterocycles. The summed E-state index contributed by atoms with van der Waals surface area (Å²) in [6, 6.07) is 10.6. The molecule has 1 heterocycles. The number of hydrogen-bond acceptors (Lipinski definition) is 2. The Kier molecular flexibility index (Phi) is 3.94. The highest BCUT2D eigenvalue weighted by Crippen LogP contribution is 2.47. The SMILES string of the molecule is CC(C)N1C[C@H](C(=O)NCC2(c3ccccc3)CC2)CC1=O. The topological polar surface area (TPSA) is 49.4 Å². The van der Waals surface area contributed by atoms with E-state index in [0.717, 1.165) is 12.8 Å². The van der Waals surface area contributed by atoms with Crippen LogP contribution in [0, 0.1) is 5.92 Å². The van der Waals surface area contributed by atoms with Gasteiger partial charge in [0, 0.05) is 31.0 Å². The molecule has 0 unspecified atom stereocenters. The summed E-state index contributed by atoms with van der Waals surface area (Å²) >= 11 is 0. The molecule has 1 aliphatic carbocycles. The highest BCUT2D eigenvalue weighted by Gasteiger charge is 2.45. The van der Waals surface area contributed by atoms with E-state index in [1.54, 1.807) is 4.90 Å². The Labute approximate surface area is 131 Å². The van der Waals surface area contributed by atoms with Gasteiger partial charge in [0.2, 0.25) is 11.8 Å². The summed E-state index contributed by atoms with van der Waals surface area (Å²) in [6.45, 7) is 5.22. The molecular weight excluding hydrogens is 276 g/mol. The fourth-order valence-corrected chi connectivity index (χ4v) is 3.32. The summed E-state index contributed by atoms with van der Waals surface area (Å²) in [5.41, 5.74) is 1.43. The molecule has 4 heteroatoms. The summed E-state index contributed by atoms with van der Waals surface area (Å²) in [5, 5.41) is 3.09. The normalized spacial score (nSPS) is 23.0. The first-order valence-electron chi connectivity index (χ1n) is 8.14. The second-order valence-corrected chi connectivity index (χ2v) is 6.91. The van der Waals surface area contributed by atoms with Gasteiger partial charge in [0.1, 0.15) is 0 Å². The number of hydrogen-bond donors (Lipinski definition) is 1. The fourth-order valence-electron chi connectivity index (χ4n) is 3.32. The number of amides is 2. The molecule has 2 fully saturated rings. The third kappa shape index (κ3) is 2.87. The predicted octanol–water partition coefficient (Wildman–Crippen LogP) is 2.09.